The zero-order valence-corrected chi connectivity index (χ0v) is 38.3. The second kappa shape index (κ2) is 20.5. The number of hydrogen-bond acceptors (Lipinski definition) is 11. The summed E-state index contributed by atoms with van der Waals surface area (Å²) in [5.41, 5.74) is 1.95. The molecule has 9 rings (SSSR count). The molecule has 0 bridgehead atoms. The number of methoxy groups -OCH3 is 2. The van der Waals surface area contributed by atoms with E-state index in [1.54, 1.807) is 37.4 Å². The van der Waals surface area contributed by atoms with Crippen LogP contribution in [0.4, 0.5) is 10.5 Å². The van der Waals surface area contributed by atoms with Crippen molar-refractivity contribution in [3.05, 3.63) is 161 Å². The van der Waals surface area contributed by atoms with Crippen LogP contribution in [0.3, 0.4) is 0 Å². The molecule has 0 saturated carbocycles. The minimum atomic E-state index is -1.96. The smallest absolute Gasteiger partial charge is 0.421 e. The number of morpholine rings is 1. The number of likely N-dealkylation sites (tertiary alicyclic amines) is 1. The first-order valence-electron chi connectivity index (χ1n) is 23.3. The lowest BCUT2D eigenvalue weighted by molar-refractivity contribution is -0.179. The summed E-state index contributed by atoms with van der Waals surface area (Å²) in [5, 5.41) is 9.62. The van der Waals surface area contributed by atoms with Crippen LogP contribution in [0, 0.1) is 17.8 Å². The van der Waals surface area contributed by atoms with Crippen LogP contribution in [0.25, 0.3) is 0 Å². The van der Waals surface area contributed by atoms with E-state index >= 15 is 14.4 Å². The number of imide groups is 1. The summed E-state index contributed by atoms with van der Waals surface area (Å²) >= 11 is 0. The summed E-state index contributed by atoms with van der Waals surface area (Å²) in [5.74, 6) is 4.52. The van der Waals surface area contributed by atoms with Gasteiger partial charge in [-0.25, -0.2) is 9.69 Å². The predicted molar refractivity (Wildman–Crippen MR) is 253 cm³/mol. The molecule has 5 aromatic rings. The Morgan fingerprint density at radius 3 is 2.00 bits per heavy atom. The van der Waals surface area contributed by atoms with Crippen LogP contribution in [0.1, 0.15) is 83.7 Å². The normalized spacial score (nSPS) is 23.4. The number of cyclic esters (lactones) is 1. The molecule has 4 heterocycles. The molecular weight excluding hydrogens is 863 g/mol. The van der Waals surface area contributed by atoms with E-state index in [0.717, 1.165) is 48.1 Å². The second-order valence-corrected chi connectivity index (χ2v) is 17.5. The maximum atomic E-state index is 16.5. The van der Waals surface area contributed by atoms with Gasteiger partial charge in [-0.05, 0) is 89.7 Å². The molecule has 0 radical (unpaired) electrons. The number of rotatable bonds is 11. The molecule has 68 heavy (non-hydrogen) atoms. The standard InChI is InChI=1S/C55H55N3O10/c1-64-34-35-67-54(63)57-45-29-22-38(19-18-37-20-25-42(65-2)26-21-37)36-44(45)55(53(57)62)46(51(60)56-30-12-4-3-5-13-31-56)48-52(61)68-49(40-16-10-7-11-17-40)47(39-14-8-6-9-15-39)58(48)50(55)41-23-27-43(28-24-41)66-33-32-59/h6-11,14-17,20-29,36,46-50,59H,3-5,12-13,30-35H2,1-2H3. The van der Waals surface area contributed by atoms with Crippen molar-refractivity contribution in [1.82, 2.24) is 9.80 Å². The van der Waals surface area contributed by atoms with Crippen molar-refractivity contribution in [1.29, 1.82) is 0 Å². The predicted octanol–water partition coefficient (Wildman–Crippen LogP) is 7.71. The Hall–Kier alpha value is -6.98. The highest BCUT2D eigenvalue weighted by atomic mass is 16.6. The highest BCUT2D eigenvalue weighted by Gasteiger charge is 2.76. The van der Waals surface area contributed by atoms with Gasteiger partial charge in [0, 0.05) is 31.3 Å². The summed E-state index contributed by atoms with van der Waals surface area (Å²) in [6, 6.07) is 35.7. The minimum absolute atomic E-state index is 0.0559. The number of carbonyl (C=O) groups is 4. The molecule has 13 heteroatoms. The van der Waals surface area contributed by atoms with Gasteiger partial charge in [-0.3, -0.25) is 19.3 Å². The zero-order valence-electron chi connectivity index (χ0n) is 38.3. The summed E-state index contributed by atoms with van der Waals surface area (Å²) in [7, 11) is 3.08. The molecule has 5 aromatic carbocycles. The molecule has 6 atom stereocenters. The molecule has 3 amide bonds. The van der Waals surface area contributed by atoms with Crippen LogP contribution in [0.5, 0.6) is 11.5 Å². The van der Waals surface area contributed by atoms with Gasteiger partial charge < -0.3 is 33.7 Å². The van der Waals surface area contributed by atoms with Gasteiger partial charge in [0.15, 0.2) is 0 Å². The number of esters is 1. The van der Waals surface area contributed by atoms with Crippen molar-refractivity contribution >= 4 is 29.6 Å². The van der Waals surface area contributed by atoms with Crippen molar-refractivity contribution in [3.8, 4) is 23.3 Å². The number of amides is 3. The lowest BCUT2D eigenvalue weighted by Crippen LogP contribution is -2.56. The van der Waals surface area contributed by atoms with Gasteiger partial charge in [0.05, 0.1) is 44.0 Å². The monoisotopic (exact) mass is 917 g/mol. The van der Waals surface area contributed by atoms with E-state index in [0.29, 0.717) is 46.8 Å². The number of nitrogens with zero attached hydrogens (tertiary/aromatic N) is 3. The molecule has 0 aliphatic carbocycles. The van der Waals surface area contributed by atoms with Gasteiger partial charge in [0.2, 0.25) is 11.8 Å². The van der Waals surface area contributed by atoms with Crippen LogP contribution in [0.2, 0.25) is 0 Å². The Morgan fingerprint density at radius 2 is 1.34 bits per heavy atom. The first kappa shape index (κ1) is 46.1. The highest BCUT2D eigenvalue weighted by Crippen LogP contribution is 2.66. The van der Waals surface area contributed by atoms with Crippen LogP contribution in [-0.4, -0.2) is 98.6 Å². The number of anilines is 1. The summed E-state index contributed by atoms with van der Waals surface area (Å²) in [4.78, 5) is 67.6. The Kier molecular flexibility index (Phi) is 13.9. The van der Waals surface area contributed by atoms with Gasteiger partial charge >= 0.3 is 12.1 Å². The largest absolute Gasteiger partial charge is 0.497 e. The number of aliphatic hydroxyl groups is 1. The fourth-order valence-corrected chi connectivity index (χ4v) is 10.6. The first-order valence-corrected chi connectivity index (χ1v) is 23.3. The number of aliphatic hydroxyl groups excluding tert-OH is 1. The number of hydrogen-bond donors (Lipinski definition) is 1. The number of ether oxygens (including phenoxy) is 5. The van der Waals surface area contributed by atoms with Gasteiger partial charge in [-0.2, -0.15) is 0 Å². The Labute approximate surface area is 396 Å². The fourth-order valence-electron chi connectivity index (χ4n) is 10.6. The molecular formula is C55H55N3O10. The highest BCUT2D eigenvalue weighted by molar-refractivity contribution is 6.23. The van der Waals surface area contributed by atoms with Gasteiger partial charge in [-0.1, -0.05) is 104 Å². The number of benzene rings is 5. The number of fused-ring (bicyclic) bond motifs is 3. The molecule has 3 fully saturated rings. The van der Waals surface area contributed by atoms with Crippen molar-refractivity contribution in [2.45, 2.75) is 61.7 Å². The van der Waals surface area contributed by atoms with Crippen molar-refractivity contribution < 1.29 is 48.0 Å². The van der Waals surface area contributed by atoms with Crippen molar-refractivity contribution in [3.63, 3.8) is 0 Å². The Morgan fingerprint density at radius 1 is 0.706 bits per heavy atom. The summed E-state index contributed by atoms with van der Waals surface area (Å²) < 4.78 is 28.8. The Balaban J connectivity index is 1.35. The molecule has 350 valence electrons. The van der Waals surface area contributed by atoms with Gasteiger partial charge in [0.25, 0.3) is 0 Å². The molecule has 4 aliphatic rings. The van der Waals surface area contributed by atoms with Crippen molar-refractivity contribution in [2.24, 2.45) is 5.92 Å². The molecule has 3 saturated heterocycles. The van der Waals surface area contributed by atoms with E-state index in [-0.39, 0.29) is 38.0 Å². The molecule has 0 aromatic heterocycles. The molecule has 1 spiro atoms. The first-order chi connectivity index (χ1) is 33.3. The van der Waals surface area contributed by atoms with Gasteiger partial charge in [-0.15, -0.1) is 0 Å². The molecule has 4 aliphatic heterocycles. The summed E-state index contributed by atoms with van der Waals surface area (Å²) in [6.45, 7) is 0.659. The summed E-state index contributed by atoms with van der Waals surface area (Å²) in [6.07, 6.45) is 2.58. The van der Waals surface area contributed by atoms with E-state index in [9.17, 15) is 9.90 Å². The van der Waals surface area contributed by atoms with E-state index in [4.69, 9.17) is 23.7 Å². The third-order valence-electron chi connectivity index (χ3n) is 13.6. The fraction of sp³-hybridized carbons (Fsp3) is 0.345. The van der Waals surface area contributed by atoms with E-state index in [2.05, 4.69) is 11.8 Å². The zero-order chi connectivity index (χ0) is 47.2. The average molecular weight is 918 g/mol. The van der Waals surface area contributed by atoms with Crippen LogP contribution in [0.15, 0.2) is 127 Å². The third kappa shape index (κ3) is 8.60. The van der Waals surface area contributed by atoms with E-state index in [1.165, 1.54) is 7.11 Å². The lowest BCUT2D eigenvalue weighted by atomic mass is 9.64. The Bertz CT molecular complexity index is 2660. The lowest BCUT2D eigenvalue weighted by Gasteiger charge is -2.46. The molecule has 13 nitrogen and oxygen atoms in total. The SMILES string of the molecule is COCCOC(=O)N1C(=O)C2(c3cc(C#Cc4ccc(OC)cc4)ccc31)C(C(=O)N1CCCCCCC1)C1C(=O)OC(c3ccccc3)C(c3ccccc3)N1C2c1ccc(OCCO)cc1. The molecule has 6 unspecified atom stereocenters. The average Bonchev–Trinajstić information content (AvgIpc) is 3.82. The minimum Gasteiger partial charge on any atom is -0.497 e. The van der Waals surface area contributed by atoms with Crippen LogP contribution < -0.4 is 14.4 Å². The van der Waals surface area contributed by atoms with Gasteiger partial charge in [0.1, 0.15) is 42.3 Å². The molecule has 1 N–H and O–H groups in total. The van der Waals surface area contributed by atoms with E-state index in [1.807, 2.05) is 107 Å². The maximum absolute atomic E-state index is 16.5. The quantitative estimate of drug-likeness (QED) is 0.0791. The van der Waals surface area contributed by atoms with Crippen LogP contribution >= 0.6 is 0 Å². The topological polar surface area (TPSA) is 144 Å². The maximum Gasteiger partial charge on any atom is 0.421 e. The number of carbonyl (C=O) groups excluding carboxylic acids is 4. The van der Waals surface area contributed by atoms with Crippen molar-refractivity contribution in [2.75, 3.05) is 58.6 Å². The third-order valence-corrected chi connectivity index (χ3v) is 13.6. The second-order valence-electron chi connectivity index (χ2n) is 17.5. The van der Waals surface area contributed by atoms with E-state index < -0.39 is 53.5 Å². The van der Waals surface area contributed by atoms with Crippen LogP contribution in [-0.2, 0) is 34.0 Å².